The van der Waals surface area contributed by atoms with Crippen LogP contribution in [0.3, 0.4) is 0 Å². The number of rotatable bonds is 3. The molecule has 0 aromatic heterocycles. The molecule has 2 aromatic rings. The molecule has 0 spiro atoms. The van der Waals surface area contributed by atoms with Crippen LogP contribution in [0.5, 0.6) is 11.5 Å². The van der Waals surface area contributed by atoms with Crippen molar-refractivity contribution in [1.82, 2.24) is 0 Å². The summed E-state index contributed by atoms with van der Waals surface area (Å²) in [6, 6.07) is 17.5. The lowest BCUT2D eigenvalue weighted by Crippen LogP contribution is -1.83. The SMILES string of the molecule is C=C=Cc1cccc(Oc2ccccc2)c1. The molecule has 0 aliphatic carbocycles. The molecule has 78 valence electrons. The van der Waals surface area contributed by atoms with Gasteiger partial charge in [0.25, 0.3) is 0 Å². The van der Waals surface area contributed by atoms with Crippen molar-refractivity contribution in [2.24, 2.45) is 0 Å². The molecule has 0 unspecified atom stereocenters. The smallest absolute Gasteiger partial charge is 0.128 e. The van der Waals surface area contributed by atoms with Gasteiger partial charge < -0.3 is 4.74 Å². The van der Waals surface area contributed by atoms with E-state index in [2.05, 4.69) is 12.3 Å². The maximum atomic E-state index is 5.70. The van der Waals surface area contributed by atoms with E-state index in [9.17, 15) is 0 Å². The van der Waals surface area contributed by atoms with Crippen molar-refractivity contribution in [2.75, 3.05) is 0 Å². The zero-order chi connectivity index (χ0) is 11.2. The van der Waals surface area contributed by atoms with E-state index in [1.54, 1.807) is 0 Å². The van der Waals surface area contributed by atoms with Gasteiger partial charge in [0.1, 0.15) is 11.5 Å². The summed E-state index contributed by atoms with van der Waals surface area (Å²) in [6.07, 6.45) is 1.82. The molecule has 0 saturated heterocycles. The maximum absolute atomic E-state index is 5.70. The first-order valence-corrected chi connectivity index (χ1v) is 5.07. The second kappa shape index (κ2) is 5.01. The third-order valence-corrected chi connectivity index (χ3v) is 2.11. The van der Waals surface area contributed by atoms with Gasteiger partial charge in [0.2, 0.25) is 0 Å². The highest BCUT2D eigenvalue weighted by molar-refractivity contribution is 5.51. The molecule has 0 bridgehead atoms. The first kappa shape index (κ1) is 10.3. The number of benzene rings is 2. The Bertz CT molecular complexity index is 508. The van der Waals surface area contributed by atoms with Crippen LogP contribution in [0.2, 0.25) is 0 Å². The highest BCUT2D eigenvalue weighted by Gasteiger charge is 1.96. The zero-order valence-corrected chi connectivity index (χ0v) is 8.89. The topological polar surface area (TPSA) is 9.23 Å². The van der Waals surface area contributed by atoms with Gasteiger partial charge in [-0.05, 0) is 35.9 Å². The Morgan fingerprint density at radius 3 is 2.44 bits per heavy atom. The minimum absolute atomic E-state index is 0.815. The van der Waals surface area contributed by atoms with Crippen LogP contribution in [-0.4, -0.2) is 0 Å². The van der Waals surface area contributed by atoms with E-state index >= 15 is 0 Å². The highest BCUT2D eigenvalue weighted by Crippen LogP contribution is 2.21. The van der Waals surface area contributed by atoms with Crippen LogP contribution in [-0.2, 0) is 0 Å². The molecule has 0 saturated carbocycles. The van der Waals surface area contributed by atoms with E-state index in [-0.39, 0.29) is 0 Å². The van der Waals surface area contributed by atoms with E-state index in [4.69, 9.17) is 4.74 Å². The average molecular weight is 208 g/mol. The molecule has 0 fully saturated rings. The van der Waals surface area contributed by atoms with Crippen LogP contribution in [0.25, 0.3) is 6.08 Å². The molecule has 1 heteroatoms. The normalized spacial score (nSPS) is 9.25. The molecule has 16 heavy (non-hydrogen) atoms. The van der Waals surface area contributed by atoms with Gasteiger partial charge in [0, 0.05) is 0 Å². The summed E-state index contributed by atoms with van der Waals surface area (Å²) in [5.74, 6) is 1.65. The predicted octanol–water partition coefficient (Wildman–Crippen LogP) is 4.28. The molecule has 0 atom stereocenters. The van der Waals surface area contributed by atoms with E-state index in [1.165, 1.54) is 0 Å². The van der Waals surface area contributed by atoms with Crippen molar-refractivity contribution < 1.29 is 4.74 Å². The van der Waals surface area contributed by atoms with E-state index in [1.807, 2.05) is 60.7 Å². The van der Waals surface area contributed by atoms with Crippen LogP contribution in [0.1, 0.15) is 5.56 Å². The number of para-hydroxylation sites is 1. The monoisotopic (exact) mass is 208 g/mol. The molecule has 1 nitrogen and oxygen atoms in total. The molecule has 2 rings (SSSR count). The van der Waals surface area contributed by atoms with Crippen LogP contribution in [0.4, 0.5) is 0 Å². The Morgan fingerprint density at radius 1 is 0.938 bits per heavy atom. The van der Waals surface area contributed by atoms with Gasteiger partial charge >= 0.3 is 0 Å². The fourth-order valence-electron chi connectivity index (χ4n) is 1.41. The minimum Gasteiger partial charge on any atom is -0.457 e. The fourth-order valence-corrected chi connectivity index (χ4v) is 1.41. The lowest BCUT2D eigenvalue weighted by atomic mass is 10.2. The van der Waals surface area contributed by atoms with Crippen molar-refractivity contribution in [3.05, 3.63) is 72.5 Å². The fraction of sp³-hybridized carbons (Fsp3) is 0. The quantitative estimate of drug-likeness (QED) is 0.684. The Kier molecular flexibility index (Phi) is 3.22. The molecule has 0 radical (unpaired) electrons. The van der Waals surface area contributed by atoms with E-state index in [0.29, 0.717) is 0 Å². The number of hydrogen-bond donors (Lipinski definition) is 0. The highest BCUT2D eigenvalue weighted by atomic mass is 16.5. The van der Waals surface area contributed by atoms with Crippen LogP contribution in [0.15, 0.2) is 66.9 Å². The molecule has 2 aromatic carbocycles. The number of hydrogen-bond acceptors (Lipinski definition) is 1. The van der Waals surface area contributed by atoms with Crippen molar-refractivity contribution in [3.63, 3.8) is 0 Å². The molecule has 0 heterocycles. The summed E-state index contributed by atoms with van der Waals surface area (Å²) < 4.78 is 5.70. The molecular formula is C15H12O. The lowest BCUT2D eigenvalue weighted by Gasteiger charge is -2.05. The Labute approximate surface area is 95.3 Å². The average Bonchev–Trinajstić information content (AvgIpc) is 2.31. The second-order valence-corrected chi connectivity index (χ2v) is 3.34. The van der Waals surface area contributed by atoms with E-state index < -0.39 is 0 Å². The van der Waals surface area contributed by atoms with Gasteiger partial charge in [0.15, 0.2) is 0 Å². The summed E-state index contributed by atoms with van der Waals surface area (Å²) >= 11 is 0. The molecule has 0 aliphatic heterocycles. The molecule has 0 amide bonds. The van der Waals surface area contributed by atoms with Gasteiger partial charge in [-0.1, -0.05) is 36.9 Å². The standard InChI is InChI=1S/C15H12O/c1-2-7-13-8-6-11-15(12-13)16-14-9-4-3-5-10-14/h3-12H,1H2. The van der Waals surface area contributed by atoms with Crippen LogP contribution in [0, 0.1) is 0 Å². The molecule has 0 aliphatic rings. The van der Waals surface area contributed by atoms with Gasteiger partial charge in [-0.15, -0.1) is 5.73 Å². The van der Waals surface area contributed by atoms with Crippen LogP contribution >= 0.6 is 0 Å². The van der Waals surface area contributed by atoms with Gasteiger partial charge in [-0.3, -0.25) is 0 Å². The van der Waals surface area contributed by atoms with Crippen molar-refractivity contribution in [1.29, 1.82) is 0 Å². The number of ether oxygens (including phenoxy) is 1. The minimum atomic E-state index is 0.815. The molecule has 0 N–H and O–H groups in total. The second-order valence-electron chi connectivity index (χ2n) is 3.34. The van der Waals surface area contributed by atoms with Crippen molar-refractivity contribution in [3.8, 4) is 11.5 Å². The van der Waals surface area contributed by atoms with Crippen molar-refractivity contribution >= 4 is 6.08 Å². The lowest BCUT2D eigenvalue weighted by molar-refractivity contribution is 0.482. The predicted molar refractivity (Wildman–Crippen MR) is 66.6 cm³/mol. The van der Waals surface area contributed by atoms with Gasteiger partial charge in [-0.2, -0.15) is 0 Å². The Balaban J connectivity index is 2.22. The van der Waals surface area contributed by atoms with Gasteiger partial charge in [-0.25, -0.2) is 0 Å². The first-order valence-electron chi connectivity index (χ1n) is 5.07. The molecular weight excluding hydrogens is 196 g/mol. The van der Waals surface area contributed by atoms with Gasteiger partial charge in [0.05, 0.1) is 0 Å². The van der Waals surface area contributed by atoms with Crippen molar-refractivity contribution in [2.45, 2.75) is 0 Å². The third-order valence-electron chi connectivity index (χ3n) is 2.11. The summed E-state index contributed by atoms with van der Waals surface area (Å²) in [7, 11) is 0. The van der Waals surface area contributed by atoms with E-state index in [0.717, 1.165) is 17.1 Å². The third kappa shape index (κ3) is 2.63. The Hall–Kier alpha value is -2.24. The summed E-state index contributed by atoms with van der Waals surface area (Å²) in [5, 5.41) is 0. The largest absolute Gasteiger partial charge is 0.457 e. The summed E-state index contributed by atoms with van der Waals surface area (Å²) in [6.45, 7) is 3.55. The summed E-state index contributed by atoms with van der Waals surface area (Å²) in [4.78, 5) is 0. The first-order chi connectivity index (χ1) is 7.88. The Morgan fingerprint density at radius 2 is 1.69 bits per heavy atom. The maximum Gasteiger partial charge on any atom is 0.128 e. The summed E-state index contributed by atoms with van der Waals surface area (Å²) in [5.41, 5.74) is 3.78. The zero-order valence-electron chi connectivity index (χ0n) is 8.89. The van der Waals surface area contributed by atoms with Crippen LogP contribution < -0.4 is 4.74 Å².